The molecule has 7 unspecified atom stereocenters. The molecule has 0 aromatic heterocycles. The van der Waals surface area contributed by atoms with Crippen LogP contribution in [0.2, 0.25) is 0 Å². The van der Waals surface area contributed by atoms with Crippen molar-refractivity contribution in [2.24, 2.45) is 28.6 Å². The molecule has 0 bridgehead atoms. The number of fused-ring (bicyclic) bond motifs is 5. The first-order chi connectivity index (χ1) is 10.8. The second-order valence-electron chi connectivity index (χ2n) is 9.54. The highest BCUT2D eigenvalue weighted by atomic mass is 16.3. The fourth-order valence-electron chi connectivity index (χ4n) is 7.33. The van der Waals surface area contributed by atoms with Crippen LogP contribution in [0.1, 0.15) is 78.6 Å². The average molecular weight is 319 g/mol. The maximum absolute atomic E-state index is 11.2. The monoisotopic (exact) mass is 318 g/mol. The van der Waals surface area contributed by atoms with Gasteiger partial charge < -0.3 is 10.2 Å². The van der Waals surface area contributed by atoms with Gasteiger partial charge in [-0.15, -0.1) is 0 Å². The summed E-state index contributed by atoms with van der Waals surface area (Å²) in [6.45, 7) is 7.03. The summed E-state index contributed by atoms with van der Waals surface area (Å²) in [7, 11) is 0. The van der Waals surface area contributed by atoms with Gasteiger partial charge in [0.15, 0.2) is 0 Å². The highest BCUT2D eigenvalue weighted by Crippen LogP contribution is 2.67. The zero-order valence-corrected chi connectivity index (χ0v) is 15.1. The molecule has 0 aromatic rings. The molecule has 4 aliphatic rings. The first-order valence-corrected chi connectivity index (χ1v) is 9.94. The fraction of sp³-hybridized carbons (Fsp3) is 0.905. The third-order valence-electron chi connectivity index (χ3n) is 8.98. The topological polar surface area (TPSA) is 40.5 Å². The van der Waals surface area contributed by atoms with E-state index in [0.29, 0.717) is 11.3 Å². The van der Waals surface area contributed by atoms with Crippen molar-refractivity contribution in [1.29, 1.82) is 0 Å². The normalized spacial score (nSPS) is 55.6. The lowest BCUT2D eigenvalue weighted by Gasteiger charge is -2.59. The van der Waals surface area contributed by atoms with Crippen LogP contribution in [0.3, 0.4) is 0 Å². The molecule has 23 heavy (non-hydrogen) atoms. The highest BCUT2D eigenvalue weighted by Gasteiger charge is 2.62. The van der Waals surface area contributed by atoms with E-state index in [-0.39, 0.29) is 11.5 Å². The molecule has 7 atom stereocenters. The third-order valence-corrected chi connectivity index (χ3v) is 8.98. The van der Waals surface area contributed by atoms with Crippen molar-refractivity contribution in [2.45, 2.75) is 90.3 Å². The molecule has 3 saturated carbocycles. The molecule has 2 N–H and O–H groups in total. The summed E-state index contributed by atoms with van der Waals surface area (Å²) >= 11 is 0. The lowest BCUT2D eigenvalue weighted by atomic mass is 9.47. The minimum Gasteiger partial charge on any atom is -0.393 e. The molecule has 4 aliphatic carbocycles. The predicted molar refractivity (Wildman–Crippen MR) is 93.0 cm³/mol. The van der Waals surface area contributed by atoms with Gasteiger partial charge in [-0.1, -0.05) is 32.4 Å². The summed E-state index contributed by atoms with van der Waals surface area (Å²) in [5, 5.41) is 21.3. The van der Waals surface area contributed by atoms with Crippen molar-refractivity contribution in [3.63, 3.8) is 0 Å². The molecule has 3 fully saturated rings. The summed E-state index contributed by atoms with van der Waals surface area (Å²) in [5.41, 5.74) is 1.55. The van der Waals surface area contributed by atoms with Crippen molar-refractivity contribution in [1.82, 2.24) is 0 Å². The Morgan fingerprint density at radius 2 is 1.83 bits per heavy atom. The molecule has 2 nitrogen and oxygen atoms in total. The van der Waals surface area contributed by atoms with Gasteiger partial charge in [0.05, 0.1) is 11.7 Å². The molecular formula is C21H34O2. The first kappa shape index (κ1) is 16.1. The van der Waals surface area contributed by atoms with Crippen LogP contribution in [-0.4, -0.2) is 21.9 Å². The molecule has 0 radical (unpaired) electrons. The lowest BCUT2D eigenvalue weighted by Crippen LogP contribution is -2.54. The van der Waals surface area contributed by atoms with Crippen molar-refractivity contribution < 1.29 is 10.2 Å². The summed E-state index contributed by atoms with van der Waals surface area (Å²) in [6.07, 6.45) is 12.2. The number of aliphatic hydroxyl groups is 2. The van der Waals surface area contributed by atoms with Crippen LogP contribution < -0.4 is 0 Å². The van der Waals surface area contributed by atoms with Gasteiger partial charge in [-0.3, -0.25) is 0 Å². The van der Waals surface area contributed by atoms with Gasteiger partial charge in [0.1, 0.15) is 0 Å². The minimum atomic E-state index is -0.434. The van der Waals surface area contributed by atoms with Crippen molar-refractivity contribution in [3.05, 3.63) is 11.6 Å². The van der Waals surface area contributed by atoms with Gasteiger partial charge in [0.2, 0.25) is 0 Å². The van der Waals surface area contributed by atoms with E-state index in [4.69, 9.17) is 0 Å². The van der Waals surface area contributed by atoms with Gasteiger partial charge in [-0.2, -0.15) is 0 Å². The fourth-order valence-corrected chi connectivity index (χ4v) is 7.33. The lowest BCUT2D eigenvalue weighted by molar-refractivity contribution is -0.125. The third kappa shape index (κ3) is 2.00. The van der Waals surface area contributed by atoms with E-state index in [1.54, 1.807) is 5.57 Å². The smallest absolute Gasteiger partial charge is 0.0701 e. The van der Waals surface area contributed by atoms with Gasteiger partial charge in [0.25, 0.3) is 0 Å². The summed E-state index contributed by atoms with van der Waals surface area (Å²) in [4.78, 5) is 0. The van der Waals surface area contributed by atoms with Gasteiger partial charge in [0, 0.05) is 0 Å². The van der Waals surface area contributed by atoms with Crippen LogP contribution >= 0.6 is 0 Å². The van der Waals surface area contributed by atoms with Crippen LogP contribution in [0.15, 0.2) is 11.6 Å². The van der Waals surface area contributed by atoms with Crippen molar-refractivity contribution in [2.75, 3.05) is 0 Å². The Labute approximate surface area is 141 Å². The van der Waals surface area contributed by atoms with Crippen LogP contribution in [0, 0.1) is 28.6 Å². The minimum absolute atomic E-state index is 0.114. The number of hydrogen-bond acceptors (Lipinski definition) is 2. The second-order valence-corrected chi connectivity index (χ2v) is 9.54. The molecular weight excluding hydrogens is 284 g/mol. The first-order valence-electron chi connectivity index (χ1n) is 9.94. The maximum atomic E-state index is 11.2. The summed E-state index contributed by atoms with van der Waals surface area (Å²) in [6, 6.07) is 0. The Kier molecular flexibility index (Phi) is 3.57. The number of aliphatic hydroxyl groups excluding tert-OH is 1. The van der Waals surface area contributed by atoms with E-state index in [2.05, 4.69) is 26.8 Å². The van der Waals surface area contributed by atoms with Crippen molar-refractivity contribution >= 4 is 0 Å². The molecule has 4 rings (SSSR count). The maximum Gasteiger partial charge on any atom is 0.0701 e. The number of rotatable bonds is 1. The van der Waals surface area contributed by atoms with E-state index >= 15 is 0 Å². The Morgan fingerprint density at radius 3 is 2.57 bits per heavy atom. The van der Waals surface area contributed by atoms with Crippen molar-refractivity contribution in [3.8, 4) is 0 Å². The number of allylic oxidation sites excluding steroid dienone is 1. The zero-order valence-electron chi connectivity index (χ0n) is 15.1. The quantitative estimate of drug-likeness (QED) is 0.701. The standard InChI is InChI=1S/C21H34O2/c1-4-21(23)12-9-18-16-6-5-14-13-15(22)7-10-19(14,2)17(16)8-11-20(18,21)3/h5,15-18,22-23H,4,6-13H2,1-3H3. The Balaban J connectivity index is 1.68. The molecule has 130 valence electrons. The summed E-state index contributed by atoms with van der Waals surface area (Å²) in [5.74, 6) is 2.21. The SMILES string of the molecule is CCC1(O)CCC2C3CC=C4CC(O)CCC4(C)C3CCC21C. The highest BCUT2D eigenvalue weighted by molar-refractivity contribution is 5.26. The number of hydrogen-bond donors (Lipinski definition) is 2. The van der Waals surface area contributed by atoms with E-state index in [1.807, 2.05) is 0 Å². The van der Waals surface area contributed by atoms with E-state index < -0.39 is 5.60 Å². The van der Waals surface area contributed by atoms with Crippen LogP contribution in [0.4, 0.5) is 0 Å². The molecule has 2 heteroatoms. The molecule has 0 spiro atoms. The second kappa shape index (κ2) is 5.08. The van der Waals surface area contributed by atoms with Crippen LogP contribution in [0.25, 0.3) is 0 Å². The Hall–Kier alpha value is -0.340. The molecule has 0 amide bonds. The van der Waals surface area contributed by atoms with E-state index in [9.17, 15) is 10.2 Å². The van der Waals surface area contributed by atoms with Crippen LogP contribution in [-0.2, 0) is 0 Å². The Morgan fingerprint density at radius 1 is 1.09 bits per heavy atom. The Bertz CT molecular complexity index is 526. The van der Waals surface area contributed by atoms with Crippen LogP contribution in [0.5, 0.6) is 0 Å². The molecule has 0 aromatic carbocycles. The average Bonchev–Trinajstić information content (AvgIpc) is 2.80. The van der Waals surface area contributed by atoms with E-state index in [1.165, 1.54) is 25.7 Å². The zero-order chi connectivity index (χ0) is 16.5. The van der Waals surface area contributed by atoms with Gasteiger partial charge in [-0.05, 0) is 86.4 Å². The molecule has 0 heterocycles. The van der Waals surface area contributed by atoms with E-state index in [0.717, 1.165) is 43.9 Å². The van der Waals surface area contributed by atoms with Gasteiger partial charge in [-0.25, -0.2) is 0 Å². The predicted octanol–water partition coefficient (Wildman–Crippen LogP) is 4.45. The largest absolute Gasteiger partial charge is 0.393 e. The molecule has 0 aliphatic heterocycles. The van der Waals surface area contributed by atoms with Gasteiger partial charge >= 0.3 is 0 Å². The summed E-state index contributed by atoms with van der Waals surface area (Å²) < 4.78 is 0. The molecule has 0 saturated heterocycles.